The number of hydrogen-bond acceptors (Lipinski definition) is 5. The third-order valence-electron chi connectivity index (χ3n) is 0.994. The Hall–Kier alpha value is 0.650. The predicted molar refractivity (Wildman–Crippen MR) is 54.0 cm³/mol. The van der Waals surface area contributed by atoms with Crippen LogP contribution in [0.2, 0.25) is 0 Å². The summed E-state index contributed by atoms with van der Waals surface area (Å²) < 4.78 is 25.9. The summed E-state index contributed by atoms with van der Waals surface area (Å²) >= 11 is 10.7. The van der Waals surface area contributed by atoms with Gasteiger partial charge in [0.1, 0.15) is 0 Å². The molecule has 0 spiro atoms. The highest BCUT2D eigenvalue weighted by atomic mass is 35.5. The zero-order valence-electron chi connectivity index (χ0n) is 7.53. The van der Waals surface area contributed by atoms with Crippen molar-refractivity contribution in [3.8, 4) is 0 Å². The quantitative estimate of drug-likeness (QED) is 0.508. The number of rotatable bonds is 9. The Morgan fingerprint density at radius 2 is 1.43 bits per heavy atom. The van der Waals surface area contributed by atoms with E-state index in [1.165, 1.54) is 0 Å². The summed E-state index contributed by atoms with van der Waals surface area (Å²) in [7, 11) is -3.60. The van der Waals surface area contributed by atoms with Crippen molar-refractivity contribution in [1.82, 2.24) is 0 Å². The maximum atomic E-state index is 11.6. The van der Waals surface area contributed by atoms with E-state index in [1.807, 2.05) is 0 Å². The highest BCUT2D eigenvalue weighted by Crippen LogP contribution is 2.49. The Labute approximate surface area is 92.9 Å². The fourth-order valence-corrected chi connectivity index (χ4v) is 2.09. The van der Waals surface area contributed by atoms with E-state index < -0.39 is 7.82 Å². The fraction of sp³-hybridized carbons (Fsp3) is 1.00. The van der Waals surface area contributed by atoms with E-state index in [0.29, 0.717) is 0 Å². The Kier molecular flexibility index (Phi) is 9.33. The summed E-state index contributed by atoms with van der Waals surface area (Å²) in [6.07, 6.45) is 0. The number of hydrogen-bond donors (Lipinski definition) is 1. The van der Waals surface area contributed by atoms with Crippen molar-refractivity contribution in [2.24, 2.45) is 0 Å². The molecule has 0 aromatic heterocycles. The van der Waals surface area contributed by atoms with Gasteiger partial charge in [-0.1, -0.05) is 0 Å². The first-order chi connectivity index (χ1) is 6.68. The minimum Gasteiger partial charge on any atom is -0.394 e. The Balaban J connectivity index is 3.97. The molecular formula is C6H13Cl2O5P. The molecule has 0 amide bonds. The number of phosphoric acid groups is 1. The molecule has 0 aliphatic heterocycles. The van der Waals surface area contributed by atoms with Crippen LogP contribution in [0, 0.1) is 0 Å². The van der Waals surface area contributed by atoms with Crippen LogP contribution in [0.25, 0.3) is 0 Å². The van der Waals surface area contributed by atoms with Gasteiger partial charge in [-0.2, -0.15) is 0 Å². The average molecular weight is 267 g/mol. The first kappa shape index (κ1) is 14.6. The van der Waals surface area contributed by atoms with E-state index in [9.17, 15) is 4.57 Å². The summed E-state index contributed by atoms with van der Waals surface area (Å²) in [4.78, 5) is 0. The summed E-state index contributed by atoms with van der Waals surface area (Å²) in [6, 6.07) is 0. The Morgan fingerprint density at radius 3 is 1.79 bits per heavy atom. The van der Waals surface area contributed by atoms with Gasteiger partial charge in [-0.15, -0.1) is 23.2 Å². The molecular weight excluding hydrogens is 254 g/mol. The first-order valence-electron chi connectivity index (χ1n) is 3.95. The van der Waals surface area contributed by atoms with Crippen molar-refractivity contribution in [2.75, 3.05) is 38.2 Å². The molecule has 0 radical (unpaired) electrons. The van der Waals surface area contributed by atoms with E-state index in [-0.39, 0.29) is 38.2 Å². The van der Waals surface area contributed by atoms with E-state index in [1.54, 1.807) is 0 Å². The molecule has 8 heteroatoms. The number of phosphoric ester groups is 1. The second-order valence-corrected chi connectivity index (χ2v) is 4.47. The van der Waals surface area contributed by atoms with Crippen LogP contribution < -0.4 is 0 Å². The maximum absolute atomic E-state index is 11.6. The van der Waals surface area contributed by atoms with Gasteiger partial charge >= 0.3 is 7.82 Å². The van der Waals surface area contributed by atoms with Crippen LogP contribution in [-0.2, 0) is 18.1 Å². The molecule has 0 aromatic carbocycles. The second kappa shape index (κ2) is 8.92. The third-order valence-corrected chi connectivity index (χ3v) is 2.80. The molecule has 0 saturated heterocycles. The molecule has 14 heavy (non-hydrogen) atoms. The van der Waals surface area contributed by atoms with Gasteiger partial charge < -0.3 is 5.11 Å². The van der Waals surface area contributed by atoms with Crippen molar-refractivity contribution in [3.05, 3.63) is 0 Å². The van der Waals surface area contributed by atoms with Crippen LogP contribution in [-0.4, -0.2) is 43.3 Å². The molecule has 0 saturated carbocycles. The molecule has 0 fully saturated rings. The van der Waals surface area contributed by atoms with Crippen LogP contribution in [0.4, 0.5) is 0 Å². The van der Waals surface area contributed by atoms with Crippen molar-refractivity contribution in [1.29, 1.82) is 0 Å². The smallest absolute Gasteiger partial charge is 0.394 e. The van der Waals surface area contributed by atoms with E-state index in [2.05, 4.69) is 0 Å². The van der Waals surface area contributed by atoms with Gasteiger partial charge in [0.25, 0.3) is 0 Å². The van der Waals surface area contributed by atoms with Gasteiger partial charge in [-0.25, -0.2) is 4.57 Å². The van der Waals surface area contributed by atoms with Gasteiger partial charge in [0.2, 0.25) is 0 Å². The molecule has 5 nitrogen and oxygen atoms in total. The van der Waals surface area contributed by atoms with E-state index in [4.69, 9.17) is 41.9 Å². The maximum Gasteiger partial charge on any atom is 0.474 e. The van der Waals surface area contributed by atoms with E-state index in [0.717, 1.165) is 0 Å². The minimum absolute atomic E-state index is 0.0482. The molecule has 0 aliphatic carbocycles. The zero-order chi connectivity index (χ0) is 10.9. The molecule has 0 atom stereocenters. The standard InChI is InChI=1S/C6H13Cl2O5P/c7-1-4-11-14(10,12-5-2-8)13-6-3-9/h9H,1-6H2. The molecule has 0 aromatic rings. The van der Waals surface area contributed by atoms with Crippen molar-refractivity contribution in [2.45, 2.75) is 0 Å². The Morgan fingerprint density at radius 1 is 1.00 bits per heavy atom. The molecule has 0 unspecified atom stereocenters. The van der Waals surface area contributed by atoms with Crippen LogP contribution >= 0.6 is 31.0 Å². The lowest BCUT2D eigenvalue weighted by Crippen LogP contribution is -2.06. The molecule has 86 valence electrons. The van der Waals surface area contributed by atoms with Crippen molar-refractivity contribution < 1.29 is 23.2 Å². The van der Waals surface area contributed by atoms with E-state index >= 15 is 0 Å². The minimum atomic E-state index is -3.60. The average Bonchev–Trinajstić information content (AvgIpc) is 2.21. The highest BCUT2D eigenvalue weighted by Gasteiger charge is 2.25. The molecule has 0 rings (SSSR count). The molecule has 0 aliphatic rings. The van der Waals surface area contributed by atoms with Crippen LogP contribution in [0.15, 0.2) is 0 Å². The molecule has 0 bridgehead atoms. The lowest BCUT2D eigenvalue weighted by atomic mass is 10.8. The fourth-order valence-electron chi connectivity index (χ4n) is 0.557. The Bertz CT molecular complexity index is 151. The van der Waals surface area contributed by atoms with Gasteiger partial charge in [0, 0.05) is 11.8 Å². The normalized spacial score (nSPS) is 11.9. The van der Waals surface area contributed by atoms with Crippen LogP contribution in [0.5, 0.6) is 0 Å². The second-order valence-electron chi connectivity index (χ2n) is 2.05. The monoisotopic (exact) mass is 266 g/mol. The van der Waals surface area contributed by atoms with Crippen molar-refractivity contribution >= 4 is 31.0 Å². The predicted octanol–water partition coefficient (Wildman–Crippen LogP) is 1.61. The van der Waals surface area contributed by atoms with Gasteiger partial charge in [-0.3, -0.25) is 13.6 Å². The summed E-state index contributed by atoms with van der Waals surface area (Å²) in [5, 5.41) is 8.47. The summed E-state index contributed by atoms with van der Waals surface area (Å²) in [5.74, 6) is 0.355. The first-order valence-corrected chi connectivity index (χ1v) is 6.48. The SMILES string of the molecule is O=P(OCCO)(OCCCl)OCCCl. The number of alkyl halides is 2. The number of aliphatic hydroxyl groups excluding tert-OH is 1. The largest absolute Gasteiger partial charge is 0.474 e. The van der Waals surface area contributed by atoms with Crippen LogP contribution in [0.3, 0.4) is 0 Å². The molecule has 1 N–H and O–H groups in total. The van der Waals surface area contributed by atoms with Gasteiger partial charge in [0.15, 0.2) is 0 Å². The van der Waals surface area contributed by atoms with Gasteiger partial charge in [0.05, 0.1) is 26.4 Å². The van der Waals surface area contributed by atoms with Crippen molar-refractivity contribution in [3.63, 3.8) is 0 Å². The summed E-state index contributed by atoms with van der Waals surface area (Å²) in [5.41, 5.74) is 0. The lowest BCUT2D eigenvalue weighted by Gasteiger charge is -2.16. The lowest BCUT2D eigenvalue weighted by molar-refractivity contribution is 0.103. The number of halogens is 2. The number of aliphatic hydroxyl groups is 1. The topological polar surface area (TPSA) is 65.0 Å². The third kappa shape index (κ3) is 7.01. The molecule has 0 heterocycles. The van der Waals surface area contributed by atoms with Gasteiger partial charge in [-0.05, 0) is 0 Å². The summed E-state index contributed by atoms with van der Waals surface area (Å²) in [6.45, 7) is -0.292. The van der Waals surface area contributed by atoms with Crippen LogP contribution in [0.1, 0.15) is 0 Å². The zero-order valence-corrected chi connectivity index (χ0v) is 9.93. The highest BCUT2D eigenvalue weighted by molar-refractivity contribution is 7.48.